The molecular weight excluding hydrogens is 254 g/mol. The van der Waals surface area contributed by atoms with E-state index in [0.717, 1.165) is 6.26 Å². The maximum Gasteiger partial charge on any atom is 0.272 e. The van der Waals surface area contributed by atoms with Crippen molar-refractivity contribution in [2.75, 3.05) is 38.0 Å². The first-order valence-electron chi connectivity index (χ1n) is 5.41. The first-order chi connectivity index (χ1) is 8.33. The number of nitrogens with one attached hydrogen (secondary N) is 1. The molecule has 0 saturated carbocycles. The number of carbonyl (C=O) groups is 1. The van der Waals surface area contributed by atoms with E-state index in [1.54, 1.807) is 32.3 Å². The van der Waals surface area contributed by atoms with E-state index in [4.69, 9.17) is 0 Å². The van der Waals surface area contributed by atoms with Gasteiger partial charge in [0.25, 0.3) is 5.91 Å². The third kappa shape index (κ3) is 4.33. The molecule has 1 aromatic rings. The van der Waals surface area contributed by atoms with E-state index < -0.39 is 9.84 Å². The smallest absolute Gasteiger partial charge is 0.272 e. The van der Waals surface area contributed by atoms with Crippen molar-refractivity contribution in [2.24, 2.45) is 0 Å². The fraction of sp³-hybridized carbons (Fsp3) is 0.455. The van der Waals surface area contributed by atoms with Gasteiger partial charge in [0.15, 0.2) is 0 Å². The second kappa shape index (κ2) is 5.81. The zero-order valence-corrected chi connectivity index (χ0v) is 11.5. The van der Waals surface area contributed by atoms with Gasteiger partial charge in [0.05, 0.1) is 5.75 Å². The van der Waals surface area contributed by atoms with Crippen LogP contribution < -0.4 is 5.32 Å². The van der Waals surface area contributed by atoms with Crippen LogP contribution in [0, 0.1) is 0 Å². The lowest BCUT2D eigenvalue weighted by Crippen LogP contribution is -2.32. The second-order valence-electron chi connectivity index (χ2n) is 4.01. The highest BCUT2D eigenvalue weighted by atomic mass is 32.2. The van der Waals surface area contributed by atoms with E-state index in [1.165, 1.54) is 4.90 Å². The van der Waals surface area contributed by atoms with E-state index in [9.17, 15) is 13.2 Å². The van der Waals surface area contributed by atoms with E-state index in [1.807, 2.05) is 0 Å². The summed E-state index contributed by atoms with van der Waals surface area (Å²) < 4.78 is 22.1. The molecule has 18 heavy (non-hydrogen) atoms. The lowest BCUT2D eigenvalue weighted by atomic mass is 10.3. The highest BCUT2D eigenvalue weighted by Gasteiger charge is 2.15. The molecule has 0 saturated heterocycles. The largest absolute Gasteiger partial charge is 0.373 e. The predicted molar refractivity (Wildman–Crippen MR) is 70.5 cm³/mol. The Kier molecular flexibility index (Phi) is 4.66. The number of sulfone groups is 1. The van der Waals surface area contributed by atoms with E-state index >= 15 is 0 Å². The Morgan fingerprint density at radius 2 is 2.11 bits per heavy atom. The molecule has 0 unspecified atom stereocenters. The fourth-order valence-electron chi connectivity index (χ4n) is 1.29. The summed E-state index contributed by atoms with van der Waals surface area (Å²) in [6, 6.07) is 5.06. The quantitative estimate of drug-likeness (QED) is 0.830. The Morgan fingerprint density at radius 3 is 2.67 bits per heavy atom. The second-order valence-corrected chi connectivity index (χ2v) is 6.27. The van der Waals surface area contributed by atoms with Crippen molar-refractivity contribution < 1.29 is 13.2 Å². The number of aromatic nitrogens is 1. The van der Waals surface area contributed by atoms with Gasteiger partial charge in [0.2, 0.25) is 0 Å². The molecule has 0 atom stereocenters. The van der Waals surface area contributed by atoms with Gasteiger partial charge < -0.3 is 10.2 Å². The Balaban J connectivity index is 2.74. The van der Waals surface area contributed by atoms with Gasteiger partial charge in [-0.1, -0.05) is 6.07 Å². The molecule has 100 valence electrons. The summed E-state index contributed by atoms with van der Waals surface area (Å²) in [6.07, 6.45) is 1.14. The monoisotopic (exact) mass is 271 g/mol. The first kappa shape index (κ1) is 14.4. The van der Waals surface area contributed by atoms with Crippen LogP contribution >= 0.6 is 0 Å². The van der Waals surface area contributed by atoms with Gasteiger partial charge in [-0.25, -0.2) is 13.4 Å². The van der Waals surface area contributed by atoms with Crippen LogP contribution in [-0.2, 0) is 9.84 Å². The van der Waals surface area contributed by atoms with Crippen LogP contribution in [0.2, 0.25) is 0 Å². The number of anilines is 1. The van der Waals surface area contributed by atoms with Gasteiger partial charge in [0, 0.05) is 26.9 Å². The van der Waals surface area contributed by atoms with Crippen LogP contribution in [0.1, 0.15) is 10.5 Å². The van der Waals surface area contributed by atoms with Crippen LogP contribution in [0.3, 0.4) is 0 Å². The van der Waals surface area contributed by atoms with Crippen LogP contribution in [0.5, 0.6) is 0 Å². The summed E-state index contributed by atoms with van der Waals surface area (Å²) in [7, 11) is 0.195. The molecular formula is C11H17N3O3S. The van der Waals surface area contributed by atoms with Crippen molar-refractivity contribution in [3.8, 4) is 0 Å². The maximum absolute atomic E-state index is 12.0. The molecule has 0 bridgehead atoms. The highest BCUT2D eigenvalue weighted by Crippen LogP contribution is 2.06. The van der Waals surface area contributed by atoms with E-state index in [-0.39, 0.29) is 23.9 Å². The van der Waals surface area contributed by atoms with Gasteiger partial charge in [-0.05, 0) is 12.1 Å². The Bertz CT molecular complexity index is 528. The molecule has 0 aliphatic carbocycles. The number of carbonyl (C=O) groups excluding carboxylic acids is 1. The molecule has 0 aliphatic rings. The van der Waals surface area contributed by atoms with E-state index in [0.29, 0.717) is 5.82 Å². The Hall–Kier alpha value is -1.63. The van der Waals surface area contributed by atoms with Crippen molar-refractivity contribution in [3.63, 3.8) is 0 Å². The minimum Gasteiger partial charge on any atom is -0.373 e. The topological polar surface area (TPSA) is 79.4 Å². The van der Waals surface area contributed by atoms with E-state index in [2.05, 4.69) is 10.3 Å². The lowest BCUT2D eigenvalue weighted by Gasteiger charge is -2.16. The van der Waals surface area contributed by atoms with Gasteiger partial charge in [-0.15, -0.1) is 0 Å². The minimum absolute atomic E-state index is 0.0546. The zero-order chi connectivity index (χ0) is 13.8. The highest BCUT2D eigenvalue weighted by molar-refractivity contribution is 7.90. The van der Waals surface area contributed by atoms with Crippen LogP contribution in [0.25, 0.3) is 0 Å². The molecule has 1 rings (SSSR count). The third-order valence-corrected chi connectivity index (χ3v) is 3.29. The molecule has 0 spiro atoms. The zero-order valence-electron chi connectivity index (χ0n) is 10.7. The summed E-state index contributed by atoms with van der Waals surface area (Å²) >= 11 is 0. The summed E-state index contributed by atoms with van der Waals surface area (Å²) in [5.41, 5.74) is 0.290. The van der Waals surface area contributed by atoms with Gasteiger partial charge in [-0.3, -0.25) is 4.79 Å². The predicted octanol–water partition coefficient (Wildman–Crippen LogP) is 0.240. The number of nitrogens with zero attached hydrogens (tertiary/aromatic N) is 2. The molecule has 1 amide bonds. The molecule has 7 heteroatoms. The molecule has 1 heterocycles. The molecule has 0 aromatic carbocycles. The molecule has 0 aliphatic heterocycles. The molecule has 0 radical (unpaired) electrons. The third-order valence-electron chi connectivity index (χ3n) is 2.37. The summed E-state index contributed by atoms with van der Waals surface area (Å²) in [6.45, 7) is 0.156. The summed E-state index contributed by atoms with van der Waals surface area (Å²) in [5, 5.41) is 2.84. The van der Waals surface area contributed by atoms with Gasteiger partial charge >= 0.3 is 0 Å². The summed E-state index contributed by atoms with van der Waals surface area (Å²) in [4.78, 5) is 17.4. The standard InChI is InChI=1S/C11H17N3O3S/c1-12-10-6-4-5-9(13-10)11(15)14(2)7-8-18(3,16)17/h4-6H,7-8H2,1-3H3,(H,12,13). The molecule has 6 nitrogen and oxygen atoms in total. The van der Waals surface area contributed by atoms with Crippen molar-refractivity contribution in [1.29, 1.82) is 0 Å². The number of hydrogen-bond donors (Lipinski definition) is 1. The van der Waals surface area contributed by atoms with Crippen molar-refractivity contribution in [2.45, 2.75) is 0 Å². The van der Waals surface area contributed by atoms with Crippen molar-refractivity contribution in [3.05, 3.63) is 23.9 Å². The fourth-order valence-corrected chi connectivity index (χ4v) is 1.90. The Labute approximate surface area is 107 Å². The molecule has 1 N–H and O–H groups in total. The average Bonchev–Trinajstić information content (AvgIpc) is 2.34. The van der Waals surface area contributed by atoms with Crippen LogP contribution in [0.15, 0.2) is 18.2 Å². The van der Waals surface area contributed by atoms with Crippen molar-refractivity contribution >= 4 is 21.6 Å². The molecule has 0 fully saturated rings. The molecule has 1 aromatic heterocycles. The van der Waals surface area contributed by atoms with Gasteiger partial charge in [-0.2, -0.15) is 0 Å². The van der Waals surface area contributed by atoms with Crippen molar-refractivity contribution in [1.82, 2.24) is 9.88 Å². The maximum atomic E-state index is 12.0. The lowest BCUT2D eigenvalue weighted by molar-refractivity contribution is 0.0798. The normalized spacial score (nSPS) is 11.1. The summed E-state index contributed by atoms with van der Waals surface area (Å²) in [5.74, 6) is 0.245. The first-order valence-corrected chi connectivity index (χ1v) is 7.47. The van der Waals surface area contributed by atoms with Crippen LogP contribution in [0.4, 0.5) is 5.82 Å². The average molecular weight is 271 g/mol. The van der Waals surface area contributed by atoms with Crippen LogP contribution in [-0.4, -0.2) is 56.9 Å². The number of rotatable bonds is 5. The SMILES string of the molecule is CNc1cccc(C(=O)N(C)CCS(C)(=O)=O)n1. The number of pyridine rings is 1. The number of hydrogen-bond acceptors (Lipinski definition) is 5. The van der Waals surface area contributed by atoms with Gasteiger partial charge in [0.1, 0.15) is 21.3 Å². The Morgan fingerprint density at radius 1 is 1.44 bits per heavy atom. The number of amides is 1. The minimum atomic E-state index is -3.07.